The number of amides is 2. The Hall–Kier alpha value is -3.27. The Kier molecular flexibility index (Phi) is 6.97. The summed E-state index contributed by atoms with van der Waals surface area (Å²) in [6.45, 7) is 1.00. The zero-order valence-corrected chi connectivity index (χ0v) is 18.8. The first-order chi connectivity index (χ1) is 16.3. The maximum absolute atomic E-state index is 14.2. The van der Waals surface area contributed by atoms with Gasteiger partial charge in [-0.2, -0.15) is 0 Å². The van der Waals surface area contributed by atoms with Gasteiger partial charge in [-0.05, 0) is 37.1 Å². The number of carbonyl (C=O) groups excluding carboxylic acids is 2. The molecule has 0 radical (unpaired) electrons. The minimum atomic E-state index is -0.830. The van der Waals surface area contributed by atoms with Crippen LogP contribution in [0.3, 0.4) is 0 Å². The lowest BCUT2D eigenvalue weighted by Crippen LogP contribution is -2.55. The number of methoxy groups -OCH3 is 1. The van der Waals surface area contributed by atoms with E-state index in [1.54, 1.807) is 11.0 Å². The van der Waals surface area contributed by atoms with Gasteiger partial charge < -0.3 is 25.0 Å². The van der Waals surface area contributed by atoms with Gasteiger partial charge in [0.15, 0.2) is 17.3 Å². The van der Waals surface area contributed by atoms with E-state index in [2.05, 4.69) is 10.6 Å². The van der Waals surface area contributed by atoms with Crippen LogP contribution in [0.25, 0.3) is 0 Å². The maximum Gasteiger partial charge on any atom is 0.317 e. The molecule has 7 nitrogen and oxygen atoms in total. The number of urea groups is 1. The van der Waals surface area contributed by atoms with Crippen molar-refractivity contribution in [2.75, 3.05) is 38.7 Å². The van der Waals surface area contributed by atoms with E-state index in [1.165, 1.54) is 25.3 Å². The number of benzene rings is 2. The SMILES string of the molecule is COCCOc1cc(CNC(=O)N2CCC3(CC2)CC(=O)c2cc(F)ccc2N3)c(F)cc1F. The second-order valence-electron chi connectivity index (χ2n) is 8.56. The highest BCUT2D eigenvalue weighted by molar-refractivity contribution is 6.04. The van der Waals surface area contributed by atoms with Crippen LogP contribution in [-0.4, -0.2) is 55.7 Å². The average Bonchev–Trinajstić information content (AvgIpc) is 2.81. The van der Waals surface area contributed by atoms with Crippen molar-refractivity contribution in [1.82, 2.24) is 10.2 Å². The van der Waals surface area contributed by atoms with E-state index in [4.69, 9.17) is 9.47 Å². The minimum Gasteiger partial charge on any atom is -0.488 e. The normalized spacial score (nSPS) is 16.7. The van der Waals surface area contributed by atoms with E-state index < -0.39 is 23.0 Å². The van der Waals surface area contributed by atoms with E-state index in [-0.39, 0.29) is 49.3 Å². The zero-order chi connectivity index (χ0) is 24.3. The third-order valence-corrected chi connectivity index (χ3v) is 6.26. The summed E-state index contributed by atoms with van der Waals surface area (Å²) in [4.78, 5) is 26.8. The molecular weight excluding hydrogens is 451 g/mol. The number of rotatable bonds is 6. The number of nitrogens with zero attached hydrogens (tertiary/aromatic N) is 1. The van der Waals surface area contributed by atoms with Crippen molar-refractivity contribution in [3.63, 3.8) is 0 Å². The van der Waals surface area contributed by atoms with Gasteiger partial charge in [0.05, 0.1) is 6.61 Å². The molecule has 2 N–H and O–H groups in total. The number of hydrogen-bond donors (Lipinski definition) is 2. The first kappa shape index (κ1) is 23.9. The van der Waals surface area contributed by atoms with Gasteiger partial charge in [0, 0.05) is 61.6 Å². The topological polar surface area (TPSA) is 79.9 Å². The number of likely N-dealkylation sites (tertiary alicyclic amines) is 1. The Labute approximate surface area is 195 Å². The van der Waals surface area contributed by atoms with Crippen LogP contribution in [0.4, 0.5) is 23.7 Å². The molecule has 0 atom stereocenters. The molecular formula is C24H26F3N3O4. The second kappa shape index (κ2) is 9.92. The van der Waals surface area contributed by atoms with Crippen LogP contribution in [0, 0.1) is 17.5 Å². The van der Waals surface area contributed by atoms with Crippen LogP contribution < -0.4 is 15.4 Å². The van der Waals surface area contributed by atoms with E-state index in [0.717, 1.165) is 6.07 Å². The lowest BCUT2D eigenvalue weighted by atomic mass is 9.78. The number of ether oxygens (including phenoxy) is 2. The number of hydrogen-bond acceptors (Lipinski definition) is 5. The van der Waals surface area contributed by atoms with E-state index in [1.807, 2.05) is 0 Å². The van der Waals surface area contributed by atoms with Crippen molar-refractivity contribution in [2.24, 2.45) is 0 Å². The van der Waals surface area contributed by atoms with Crippen molar-refractivity contribution in [1.29, 1.82) is 0 Å². The van der Waals surface area contributed by atoms with Crippen LogP contribution >= 0.6 is 0 Å². The number of nitrogens with one attached hydrogen (secondary N) is 2. The van der Waals surface area contributed by atoms with Crippen LogP contribution in [0.1, 0.15) is 35.2 Å². The van der Waals surface area contributed by atoms with E-state index in [0.29, 0.717) is 37.2 Å². The Morgan fingerprint density at radius 3 is 2.62 bits per heavy atom. The molecule has 2 aliphatic heterocycles. The maximum atomic E-state index is 14.2. The number of fused-ring (bicyclic) bond motifs is 1. The molecule has 0 aliphatic carbocycles. The fourth-order valence-electron chi connectivity index (χ4n) is 4.36. The summed E-state index contributed by atoms with van der Waals surface area (Å²) in [6, 6.07) is 5.68. The summed E-state index contributed by atoms with van der Waals surface area (Å²) in [5, 5.41) is 6.03. The van der Waals surface area contributed by atoms with Gasteiger partial charge in [-0.15, -0.1) is 0 Å². The van der Waals surface area contributed by atoms with Gasteiger partial charge in [0.1, 0.15) is 18.2 Å². The molecule has 1 fully saturated rings. The molecule has 0 unspecified atom stereocenters. The van der Waals surface area contributed by atoms with Gasteiger partial charge in [0.25, 0.3) is 0 Å². The van der Waals surface area contributed by atoms with Crippen LogP contribution in [0.5, 0.6) is 5.75 Å². The van der Waals surface area contributed by atoms with Gasteiger partial charge in [-0.25, -0.2) is 18.0 Å². The Morgan fingerprint density at radius 2 is 1.88 bits per heavy atom. The van der Waals surface area contributed by atoms with Gasteiger partial charge in [-0.3, -0.25) is 4.79 Å². The van der Waals surface area contributed by atoms with E-state index >= 15 is 0 Å². The predicted octanol–water partition coefficient (Wildman–Crippen LogP) is 3.87. The molecule has 10 heteroatoms. The molecule has 2 aromatic rings. The first-order valence-corrected chi connectivity index (χ1v) is 11.0. The molecule has 4 rings (SSSR count). The molecule has 2 heterocycles. The minimum absolute atomic E-state index is 0.0963. The first-order valence-electron chi connectivity index (χ1n) is 11.0. The van der Waals surface area contributed by atoms with Crippen molar-refractivity contribution in [2.45, 2.75) is 31.3 Å². The lowest BCUT2D eigenvalue weighted by molar-refractivity contribution is 0.0915. The number of halogens is 3. The zero-order valence-electron chi connectivity index (χ0n) is 18.8. The van der Waals surface area contributed by atoms with Crippen molar-refractivity contribution >= 4 is 17.5 Å². The number of piperidine rings is 1. The summed E-state index contributed by atoms with van der Waals surface area (Å²) in [6.07, 6.45) is 1.29. The summed E-state index contributed by atoms with van der Waals surface area (Å²) >= 11 is 0. The highest BCUT2D eigenvalue weighted by Gasteiger charge is 2.41. The quantitative estimate of drug-likeness (QED) is 0.618. The Balaban J connectivity index is 1.34. The van der Waals surface area contributed by atoms with Gasteiger partial charge in [0.2, 0.25) is 0 Å². The predicted molar refractivity (Wildman–Crippen MR) is 118 cm³/mol. The smallest absolute Gasteiger partial charge is 0.317 e. The lowest BCUT2D eigenvalue weighted by Gasteiger charge is -2.45. The molecule has 2 aliphatic rings. The van der Waals surface area contributed by atoms with Crippen LogP contribution in [0.15, 0.2) is 30.3 Å². The fourth-order valence-corrected chi connectivity index (χ4v) is 4.36. The third kappa shape index (κ3) is 5.11. The number of Topliss-reactive ketones (excluding diaryl/α,β-unsaturated/α-hetero) is 1. The van der Waals surface area contributed by atoms with Crippen molar-refractivity contribution in [3.8, 4) is 5.75 Å². The largest absolute Gasteiger partial charge is 0.488 e. The molecule has 2 amide bonds. The third-order valence-electron chi connectivity index (χ3n) is 6.26. The molecule has 0 saturated carbocycles. The molecule has 182 valence electrons. The molecule has 2 aromatic carbocycles. The van der Waals surface area contributed by atoms with Gasteiger partial charge in [-0.1, -0.05) is 0 Å². The molecule has 34 heavy (non-hydrogen) atoms. The van der Waals surface area contributed by atoms with Gasteiger partial charge >= 0.3 is 6.03 Å². The summed E-state index contributed by atoms with van der Waals surface area (Å²) in [7, 11) is 1.48. The molecule has 0 bridgehead atoms. The van der Waals surface area contributed by atoms with E-state index in [9.17, 15) is 22.8 Å². The summed E-state index contributed by atoms with van der Waals surface area (Å²) in [5.41, 5.74) is 0.554. The number of anilines is 1. The summed E-state index contributed by atoms with van der Waals surface area (Å²) in [5.74, 6) is -2.31. The average molecular weight is 477 g/mol. The monoisotopic (exact) mass is 477 g/mol. The summed E-state index contributed by atoms with van der Waals surface area (Å²) < 4.78 is 51.7. The molecule has 1 spiro atoms. The van der Waals surface area contributed by atoms with Crippen molar-refractivity contribution in [3.05, 3.63) is 58.9 Å². The highest BCUT2D eigenvalue weighted by Crippen LogP contribution is 2.37. The van der Waals surface area contributed by atoms with Crippen molar-refractivity contribution < 1.29 is 32.2 Å². The fraction of sp³-hybridized carbons (Fsp3) is 0.417. The standard InChI is InChI=1S/C24H26F3N3O4/c1-33-8-9-34-22-10-15(18(26)12-19(22)27)14-28-23(32)30-6-4-24(5-7-30)13-21(31)17-11-16(25)2-3-20(17)29-24/h2-3,10-12,29H,4-9,13-14H2,1H3,(H,28,32). The highest BCUT2D eigenvalue weighted by atomic mass is 19.1. The number of ketones is 1. The Morgan fingerprint density at radius 1 is 1.12 bits per heavy atom. The molecule has 1 saturated heterocycles. The van der Waals surface area contributed by atoms with Crippen LogP contribution in [-0.2, 0) is 11.3 Å². The Bertz CT molecular complexity index is 1090. The van der Waals surface area contributed by atoms with Crippen LogP contribution in [0.2, 0.25) is 0 Å². The molecule has 0 aromatic heterocycles. The number of carbonyl (C=O) groups is 2. The second-order valence-corrected chi connectivity index (χ2v) is 8.56.